The Hall–Kier alpha value is -3.67. The van der Waals surface area contributed by atoms with Crippen molar-refractivity contribution in [2.24, 2.45) is 0 Å². The summed E-state index contributed by atoms with van der Waals surface area (Å²) in [6.07, 6.45) is 84.5. The predicted molar refractivity (Wildman–Crippen MR) is 325 cm³/mol. The second kappa shape index (κ2) is 62.9. The summed E-state index contributed by atoms with van der Waals surface area (Å²) in [5.41, 5.74) is 0. The molecule has 0 N–H and O–H groups in total. The fraction of sp³-hybridized carbons (Fsp3) is 0.725. The molecule has 0 aliphatic carbocycles. The van der Waals surface area contributed by atoms with E-state index >= 15 is 0 Å². The van der Waals surface area contributed by atoms with Crippen LogP contribution >= 0.6 is 0 Å². The van der Waals surface area contributed by atoms with Crippen molar-refractivity contribution in [3.63, 3.8) is 0 Å². The zero-order valence-corrected chi connectivity index (χ0v) is 49.3. The summed E-state index contributed by atoms with van der Waals surface area (Å²) in [5.74, 6) is -0.921. The lowest BCUT2D eigenvalue weighted by Gasteiger charge is -2.18. The molecule has 0 heterocycles. The van der Waals surface area contributed by atoms with Gasteiger partial charge in [0, 0.05) is 19.3 Å². The standard InChI is InChI=1S/C69H118O6/c1-4-7-10-13-16-19-22-24-25-26-27-28-29-30-31-32-33-34-35-36-37-38-39-40-41-42-43-45-47-50-53-56-59-62-68(71)74-65-66(64-73-67(70)61-58-55-52-49-46-21-18-15-12-9-6-3)75-69(72)63-60-57-54-51-48-44-23-20-17-14-11-8-5-2/h7-8,10-11,15-20,24-25,27-28,44,48,66H,4-6,9,12-14,21-23,26,29-43,45-47,49-65H2,1-3H3/b10-7-,11-8-,18-15-,19-16-,20-17-,25-24-,28-27-,48-44-. The summed E-state index contributed by atoms with van der Waals surface area (Å²) in [5, 5.41) is 0. The molecule has 0 aromatic rings. The molecule has 6 heteroatoms. The van der Waals surface area contributed by atoms with Crippen molar-refractivity contribution in [2.75, 3.05) is 13.2 Å². The van der Waals surface area contributed by atoms with E-state index in [1.165, 1.54) is 148 Å². The number of rotatable bonds is 57. The first-order valence-corrected chi connectivity index (χ1v) is 31.7. The zero-order valence-electron chi connectivity index (χ0n) is 49.3. The van der Waals surface area contributed by atoms with Crippen LogP contribution in [0.4, 0.5) is 0 Å². The van der Waals surface area contributed by atoms with Gasteiger partial charge in [-0.25, -0.2) is 0 Å². The fourth-order valence-corrected chi connectivity index (χ4v) is 8.84. The van der Waals surface area contributed by atoms with Crippen LogP contribution in [0, 0.1) is 0 Å². The SMILES string of the molecule is CC/C=C\C/C=C\C/C=C\C/C=C\CCCCCCCCCCCCCCCCCCCCCCC(=O)OCC(COC(=O)CCCCCCC/C=C\CCCC)OC(=O)CCCCC/C=C\C/C=C\C/C=C\CC. The van der Waals surface area contributed by atoms with Crippen molar-refractivity contribution in [3.05, 3.63) is 97.2 Å². The zero-order chi connectivity index (χ0) is 54.3. The van der Waals surface area contributed by atoms with E-state index in [1.54, 1.807) is 0 Å². The third-order valence-corrected chi connectivity index (χ3v) is 13.6. The third-order valence-electron chi connectivity index (χ3n) is 13.6. The molecule has 0 bridgehead atoms. The Morgan fingerprint density at radius 1 is 0.280 bits per heavy atom. The summed E-state index contributed by atoms with van der Waals surface area (Å²) in [4.78, 5) is 38.1. The van der Waals surface area contributed by atoms with Crippen LogP contribution in [0.15, 0.2) is 97.2 Å². The lowest BCUT2D eigenvalue weighted by molar-refractivity contribution is -0.167. The van der Waals surface area contributed by atoms with Gasteiger partial charge in [0.15, 0.2) is 6.10 Å². The van der Waals surface area contributed by atoms with E-state index in [0.29, 0.717) is 19.3 Å². The first-order valence-electron chi connectivity index (χ1n) is 31.7. The van der Waals surface area contributed by atoms with Crippen LogP contribution in [0.25, 0.3) is 0 Å². The Labute approximate surface area is 464 Å². The Bertz CT molecular complexity index is 1480. The summed E-state index contributed by atoms with van der Waals surface area (Å²) in [6, 6.07) is 0. The Balaban J connectivity index is 4.08. The fourth-order valence-electron chi connectivity index (χ4n) is 8.84. The first-order chi connectivity index (χ1) is 37.0. The van der Waals surface area contributed by atoms with Crippen molar-refractivity contribution < 1.29 is 28.6 Å². The van der Waals surface area contributed by atoms with E-state index in [2.05, 4.69) is 118 Å². The van der Waals surface area contributed by atoms with E-state index in [0.717, 1.165) is 116 Å². The van der Waals surface area contributed by atoms with E-state index in [-0.39, 0.29) is 31.1 Å². The molecule has 6 nitrogen and oxygen atoms in total. The maximum absolute atomic E-state index is 12.8. The minimum absolute atomic E-state index is 0.0891. The maximum Gasteiger partial charge on any atom is 0.306 e. The topological polar surface area (TPSA) is 78.9 Å². The molecular formula is C69H118O6. The summed E-state index contributed by atoms with van der Waals surface area (Å²) < 4.78 is 16.8. The van der Waals surface area contributed by atoms with Crippen LogP contribution in [0.1, 0.15) is 303 Å². The molecule has 0 amide bonds. The number of carbonyl (C=O) groups excluding carboxylic acids is 3. The number of carbonyl (C=O) groups is 3. The molecule has 0 aliphatic rings. The number of hydrogen-bond acceptors (Lipinski definition) is 6. The second-order valence-corrected chi connectivity index (χ2v) is 20.9. The lowest BCUT2D eigenvalue weighted by Crippen LogP contribution is -2.30. The molecule has 430 valence electrons. The van der Waals surface area contributed by atoms with Crippen LogP contribution in [0.3, 0.4) is 0 Å². The van der Waals surface area contributed by atoms with Crippen molar-refractivity contribution in [3.8, 4) is 0 Å². The normalized spacial score (nSPS) is 12.7. The first kappa shape index (κ1) is 71.3. The van der Waals surface area contributed by atoms with Gasteiger partial charge in [-0.15, -0.1) is 0 Å². The molecule has 0 saturated heterocycles. The number of esters is 3. The van der Waals surface area contributed by atoms with Crippen molar-refractivity contribution >= 4 is 17.9 Å². The molecule has 0 saturated carbocycles. The molecule has 0 aromatic heterocycles. The Kier molecular flexibility index (Phi) is 59.8. The van der Waals surface area contributed by atoms with Crippen molar-refractivity contribution in [1.29, 1.82) is 0 Å². The van der Waals surface area contributed by atoms with Gasteiger partial charge in [-0.2, -0.15) is 0 Å². The molecule has 1 atom stereocenters. The molecule has 0 spiro atoms. The van der Waals surface area contributed by atoms with Crippen molar-refractivity contribution in [1.82, 2.24) is 0 Å². The molecule has 0 aromatic carbocycles. The van der Waals surface area contributed by atoms with Gasteiger partial charge in [0.2, 0.25) is 0 Å². The number of hydrogen-bond donors (Lipinski definition) is 0. The average Bonchev–Trinajstić information content (AvgIpc) is 3.41. The quantitative estimate of drug-likeness (QED) is 0.0261. The highest BCUT2D eigenvalue weighted by molar-refractivity contribution is 5.71. The Morgan fingerprint density at radius 2 is 0.520 bits per heavy atom. The monoisotopic (exact) mass is 1040 g/mol. The van der Waals surface area contributed by atoms with Gasteiger partial charge in [0.05, 0.1) is 0 Å². The molecule has 0 aliphatic heterocycles. The molecule has 0 fully saturated rings. The van der Waals surface area contributed by atoms with Crippen LogP contribution < -0.4 is 0 Å². The van der Waals surface area contributed by atoms with E-state index in [4.69, 9.17) is 14.2 Å². The van der Waals surface area contributed by atoms with E-state index < -0.39 is 6.10 Å². The van der Waals surface area contributed by atoms with Crippen molar-refractivity contribution in [2.45, 2.75) is 309 Å². The van der Waals surface area contributed by atoms with Crippen LogP contribution in [0.2, 0.25) is 0 Å². The highest BCUT2D eigenvalue weighted by atomic mass is 16.6. The Morgan fingerprint density at radius 3 is 0.840 bits per heavy atom. The molecule has 0 rings (SSSR count). The van der Waals surface area contributed by atoms with Gasteiger partial charge < -0.3 is 14.2 Å². The predicted octanol–water partition coefficient (Wildman–Crippen LogP) is 21.7. The summed E-state index contributed by atoms with van der Waals surface area (Å²) >= 11 is 0. The van der Waals surface area contributed by atoms with E-state index in [1.807, 2.05) is 0 Å². The largest absolute Gasteiger partial charge is 0.462 e. The number of allylic oxidation sites excluding steroid dienone is 16. The molecule has 0 radical (unpaired) electrons. The van der Waals surface area contributed by atoms with E-state index in [9.17, 15) is 14.4 Å². The summed E-state index contributed by atoms with van der Waals surface area (Å²) in [6.45, 7) is 6.36. The second-order valence-electron chi connectivity index (χ2n) is 20.9. The van der Waals surface area contributed by atoms with Gasteiger partial charge in [-0.3, -0.25) is 14.4 Å². The van der Waals surface area contributed by atoms with Gasteiger partial charge in [-0.1, -0.05) is 272 Å². The van der Waals surface area contributed by atoms with Gasteiger partial charge in [0.25, 0.3) is 0 Å². The smallest absolute Gasteiger partial charge is 0.306 e. The summed E-state index contributed by atoms with van der Waals surface area (Å²) in [7, 11) is 0. The highest BCUT2D eigenvalue weighted by Gasteiger charge is 2.19. The van der Waals surface area contributed by atoms with Gasteiger partial charge in [-0.05, 0) is 109 Å². The minimum atomic E-state index is -0.794. The minimum Gasteiger partial charge on any atom is -0.462 e. The van der Waals surface area contributed by atoms with Crippen LogP contribution in [-0.4, -0.2) is 37.2 Å². The molecular weight excluding hydrogens is 925 g/mol. The molecule has 1 unspecified atom stereocenters. The van der Waals surface area contributed by atoms with Crippen LogP contribution in [0.5, 0.6) is 0 Å². The molecule has 75 heavy (non-hydrogen) atoms. The number of ether oxygens (including phenoxy) is 3. The average molecular weight is 1040 g/mol. The highest BCUT2D eigenvalue weighted by Crippen LogP contribution is 2.17. The van der Waals surface area contributed by atoms with Gasteiger partial charge >= 0.3 is 17.9 Å². The maximum atomic E-state index is 12.8. The number of unbranched alkanes of at least 4 members (excludes halogenated alkanes) is 30. The third kappa shape index (κ3) is 61.1. The van der Waals surface area contributed by atoms with Gasteiger partial charge in [0.1, 0.15) is 13.2 Å². The van der Waals surface area contributed by atoms with Crippen LogP contribution in [-0.2, 0) is 28.6 Å². The lowest BCUT2D eigenvalue weighted by atomic mass is 10.0.